The van der Waals surface area contributed by atoms with Crippen LogP contribution in [-0.2, 0) is 24.5 Å². The first-order valence-corrected chi connectivity index (χ1v) is 8.64. The van der Waals surface area contributed by atoms with Gasteiger partial charge in [-0.05, 0) is 36.8 Å². The number of piperidine rings is 1. The minimum absolute atomic E-state index is 0.374. The van der Waals surface area contributed by atoms with Crippen LogP contribution < -0.4 is 9.64 Å². The van der Waals surface area contributed by atoms with Gasteiger partial charge in [-0.2, -0.15) is 0 Å². The zero-order valence-corrected chi connectivity index (χ0v) is 15.3. The van der Waals surface area contributed by atoms with Crippen molar-refractivity contribution in [2.45, 2.75) is 12.3 Å². The van der Waals surface area contributed by atoms with Crippen molar-refractivity contribution in [2.75, 3.05) is 19.1 Å². The van der Waals surface area contributed by atoms with Crippen LogP contribution in [0.5, 0.6) is 5.75 Å². The van der Waals surface area contributed by atoms with Gasteiger partial charge in [-0.25, -0.2) is 4.90 Å². The standard InChI is InChI=1S/C21H19NO5/c1-12-4-6-13(7-5-12)21-16(17(21)19(24)27-3)18(23)22(20(21)25)14-8-10-15(26-2)11-9-14/h4-11,16-17H,1-3H3/t16-,17+,21+/m0/s1. The molecule has 27 heavy (non-hydrogen) atoms. The number of carbonyl (C=O) groups excluding carboxylic acids is 3. The third-order valence-corrected chi connectivity index (χ3v) is 5.56. The van der Waals surface area contributed by atoms with Crippen LogP contribution in [0.4, 0.5) is 5.69 Å². The summed E-state index contributed by atoms with van der Waals surface area (Å²) < 4.78 is 10.00. The second-order valence-electron chi connectivity index (χ2n) is 6.89. The number of carbonyl (C=O) groups is 3. The molecule has 2 aromatic rings. The van der Waals surface area contributed by atoms with E-state index in [2.05, 4.69) is 0 Å². The summed E-state index contributed by atoms with van der Waals surface area (Å²) >= 11 is 0. The SMILES string of the molecule is COC(=O)[C@H]1[C@H]2C(=O)N(c3ccc(OC)cc3)C(=O)[C@]21c1ccc(C)cc1. The molecule has 0 unspecified atom stereocenters. The monoisotopic (exact) mass is 365 g/mol. The average Bonchev–Trinajstić information content (AvgIpc) is 3.33. The number of ether oxygens (including phenoxy) is 2. The number of amides is 2. The summed E-state index contributed by atoms with van der Waals surface area (Å²) in [7, 11) is 2.82. The lowest BCUT2D eigenvalue weighted by molar-refractivity contribution is -0.145. The van der Waals surface area contributed by atoms with Crippen LogP contribution in [0.1, 0.15) is 11.1 Å². The summed E-state index contributed by atoms with van der Waals surface area (Å²) in [5.74, 6) is -2.18. The fraction of sp³-hybridized carbons (Fsp3) is 0.286. The molecule has 0 N–H and O–H groups in total. The van der Waals surface area contributed by atoms with E-state index in [9.17, 15) is 14.4 Å². The lowest BCUT2D eigenvalue weighted by Gasteiger charge is -2.22. The smallest absolute Gasteiger partial charge is 0.310 e. The summed E-state index contributed by atoms with van der Waals surface area (Å²) in [4.78, 5) is 39.9. The molecule has 1 saturated heterocycles. The number of imide groups is 1. The van der Waals surface area contributed by atoms with Gasteiger partial charge in [0.1, 0.15) is 11.2 Å². The van der Waals surface area contributed by atoms with E-state index in [0.717, 1.165) is 5.56 Å². The van der Waals surface area contributed by atoms with E-state index in [1.54, 1.807) is 31.4 Å². The third-order valence-electron chi connectivity index (χ3n) is 5.56. The Morgan fingerprint density at radius 1 is 1.00 bits per heavy atom. The number of anilines is 1. The van der Waals surface area contributed by atoms with E-state index >= 15 is 0 Å². The van der Waals surface area contributed by atoms with Crippen molar-refractivity contribution >= 4 is 23.5 Å². The molecule has 0 aromatic heterocycles. The summed E-state index contributed by atoms with van der Waals surface area (Å²) in [5.41, 5.74) is 0.986. The quantitative estimate of drug-likeness (QED) is 0.614. The van der Waals surface area contributed by atoms with Gasteiger partial charge in [0.05, 0.1) is 31.7 Å². The Balaban J connectivity index is 1.79. The van der Waals surface area contributed by atoms with Crippen molar-refractivity contribution in [1.82, 2.24) is 0 Å². The molecule has 1 saturated carbocycles. The number of hydrogen-bond acceptors (Lipinski definition) is 5. The molecule has 0 spiro atoms. The van der Waals surface area contributed by atoms with Gasteiger partial charge in [0.25, 0.3) is 0 Å². The molecular weight excluding hydrogens is 346 g/mol. The van der Waals surface area contributed by atoms with Crippen molar-refractivity contribution in [3.63, 3.8) is 0 Å². The molecule has 4 rings (SSSR count). The number of fused-ring (bicyclic) bond motifs is 1. The van der Waals surface area contributed by atoms with Crippen molar-refractivity contribution in [3.05, 3.63) is 59.7 Å². The third kappa shape index (κ3) is 2.22. The number of benzene rings is 2. The maximum atomic E-state index is 13.4. The van der Waals surface area contributed by atoms with Gasteiger partial charge in [0, 0.05) is 0 Å². The predicted molar refractivity (Wildman–Crippen MR) is 97.3 cm³/mol. The van der Waals surface area contributed by atoms with Crippen molar-refractivity contribution in [1.29, 1.82) is 0 Å². The highest BCUT2D eigenvalue weighted by molar-refractivity contribution is 6.31. The van der Waals surface area contributed by atoms with Crippen LogP contribution in [0.25, 0.3) is 0 Å². The molecule has 6 nitrogen and oxygen atoms in total. The van der Waals surface area contributed by atoms with Crippen LogP contribution in [0.3, 0.4) is 0 Å². The Bertz CT molecular complexity index is 934. The fourth-order valence-electron chi connectivity index (χ4n) is 4.15. The van der Waals surface area contributed by atoms with Crippen LogP contribution in [0, 0.1) is 18.8 Å². The Morgan fingerprint density at radius 2 is 1.63 bits per heavy atom. The van der Waals surface area contributed by atoms with Gasteiger partial charge in [-0.15, -0.1) is 0 Å². The number of esters is 1. The lowest BCUT2D eigenvalue weighted by atomic mass is 9.91. The van der Waals surface area contributed by atoms with Gasteiger partial charge in [-0.3, -0.25) is 14.4 Å². The highest BCUT2D eigenvalue weighted by Gasteiger charge is 2.83. The zero-order chi connectivity index (χ0) is 19.3. The molecule has 0 radical (unpaired) electrons. The molecule has 138 valence electrons. The second kappa shape index (κ2) is 5.94. The van der Waals surface area contributed by atoms with Crippen LogP contribution >= 0.6 is 0 Å². The van der Waals surface area contributed by atoms with Gasteiger partial charge < -0.3 is 9.47 Å². The Hall–Kier alpha value is -3.15. The molecule has 1 aliphatic heterocycles. The minimum atomic E-state index is -1.18. The number of rotatable bonds is 4. The van der Waals surface area contributed by atoms with Crippen LogP contribution in [0.15, 0.2) is 48.5 Å². The first-order chi connectivity index (χ1) is 13.0. The Morgan fingerprint density at radius 3 is 2.19 bits per heavy atom. The normalized spacial score (nSPS) is 26.0. The average molecular weight is 365 g/mol. The molecule has 2 fully saturated rings. The summed E-state index contributed by atoms with van der Waals surface area (Å²) in [6, 6.07) is 14.1. The topological polar surface area (TPSA) is 72.9 Å². The highest BCUT2D eigenvalue weighted by Crippen LogP contribution is 2.66. The molecule has 6 heteroatoms. The predicted octanol–water partition coefficient (Wildman–Crippen LogP) is 2.23. The van der Waals surface area contributed by atoms with E-state index in [1.807, 2.05) is 31.2 Å². The first kappa shape index (κ1) is 17.3. The summed E-state index contributed by atoms with van der Waals surface area (Å²) in [6.07, 6.45) is 0. The second-order valence-corrected chi connectivity index (χ2v) is 6.89. The van der Waals surface area contributed by atoms with Gasteiger partial charge in [0.15, 0.2) is 0 Å². The van der Waals surface area contributed by atoms with Crippen molar-refractivity contribution in [2.24, 2.45) is 11.8 Å². The van der Waals surface area contributed by atoms with Crippen LogP contribution in [0.2, 0.25) is 0 Å². The highest BCUT2D eigenvalue weighted by atomic mass is 16.5. The Kier molecular flexibility index (Phi) is 3.80. The maximum Gasteiger partial charge on any atom is 0.310 e. The van der Waals surface area contributed by atoms with Gasteiger partial charge in [0.2, 0.25) is 11.8 Å². The van der Waals surface area contributed by atoms with E-state index in [4.69, 9.17) is 9.47 Å². The first-order valence-electron chi connectivity index (χ1n) is 8.64. The minimum Gasteiger partial charge on any atom is -0.497 e. The molecule has 2 amide bonds. The molecular formula is C21H19NO5. The molecule has 3 atom stereocenters. The largest absolute Gasteiger partial charge is 0.497 e. The van der Waals surface area contributed by atoms with E-state index < -0.39 is 23.2 Å². The molecule has 2 aromatic carbocycles. The van der Waals surface area contributed by atoms with Crippen molar-refractivity contribution in [3.8, 4) is 5.75 Å². The Labute approximate surface area is 156 Å². The number of hydrogen-bond donors (Lipinski definition) is 0. The van der Waals surface area contributed by atoms with Crippen LogP contribution in [-0.4, -0.2) is 32.0 Å². The number of nitrogens with zero attached hydrogens (tertiary/aromatic N) is 1. The number of methoxy groups -OCH3 is 2. The molecule has 0 bridgehead atoms. The molecule has 2 aliphatic rings. The van der Waals surface area contributed by atoms with E-state index in [-0.39, 0.29) is 11.8 Å². The molecule has 1 heterocycles. The van der Waals surface area contributed by atoms with Gasteiger partial charge >= 0.3 is 5.97 Å². The van der Waals surface area contributed by atoms with Gasteiger partial charge in [-0.1, -0.05) is 29.8 Å². The number of aryl methyl sites for hydroxylation is 1. The fourth-order valence-corrected chi connectivity index (χ4v) is 4.15. The zero-order valence-electron chi connectivity index (χ0n) is 15.3. The molecule has 1 aliphatic carbocycles. The van der Waals surface area contributed by atoms with E-state index in [1.165, 1.54) is 12.0 Å². The maximum absolute atomic E-state index is 13.4. The summed E-state index contributed by atoms with van der Waals surface area (Å²) in [5, 5.41) is 0. The summed E-state index contributed by atoms with van der Waals surface area (Å²) in [6.45, 7) is 1.94. The van der Waals surface area contributed by atoms with Crippen molar-refractivity contribution < 1.29 is 23.9 Å². The van der Waals surface area contributed by atoms with E-state index in [0.29, 0.717) is 17.0 Å². The lowest BCUT2D eigenvalue weighted by Crippen LogP contribution is -2.40.